The zero-order chi connectivity index (χ0) is 10.8. The molecule has 1 N–H and O–H groups in total. The Morgan fingerprint density at radius 1 is 1.57 bits per heavy atom. The molecule has 0 spiro atoms. The van der Waals surface area contributed by atoms with Crippen LogP contribution in [0, 0.1) is 5.92 Å². The molecule has 14 heavy (non-hydrogen) atoms. The summed E-state index contributed by atoms with van der Waals surface area (Å²) >= 11 is 0. The first kappa shape index (κ1) is 11.5. The molecule has 0 amide bonds. The fourth-order valence-corrected chi connectivity index (χ4v) is 1.61. The highest BCUT2D eigenvalue weighted by molar-refractivity contribution is 5.72. The molecule has 0 aliphatic heterocycles. The van der Waals surface area contributed by atoms with E-state index in [0.717, 1.165) is 12.8 Å². The lowest BCUT2D eigenvalue weighted by atomic mass is 9.76. The van der Waals surface area contributed by atoms with Crippen molar-refractivity contribution in [1.82, 2.24) is 0 Å². The van der Waals surface area contributed by atoms with Gasteiger partial charge in [0.1, 0.15) is 6.10 Å². The molecule has 0 saturated heterocycles. The van der Waals surface area contributed by atoms with E-state index in [1.165, 1.54) is 0 Å². The van der Waals surface area contributed by atoms with Gasteiger partial charge in [0.15, 0.2) is 0 Å². The molecule has 1 aliphatic carbocycles. The van der Waals surface area contributed by atoms with E-state index in [9.17, 15) is 9.90 Å². The molecule has 82 valence electrons. The molecule has 1 aliphatic rings. The van der Waals surface area contributed by atoms with Gasteiger partial charge in [0.2, 0.25) is 0 Å². The Labute approximate surface area is 85.5 Å². The van der Waals surface area contributed by atoms with E-state index >= 15 is 0 Å². The summed E-state index contributed by atoms with van der Waals surface area (Å²) in [4.78, 5) is 11.4. The molecule has 1 atom stereocenters. The van der Waals surface area contributed by atoms with Gasteiger partial charge in [-0.1, -0.05) is 20.8 Å². The monoisotopic (exact) mass is 200 g/mol. The molecule has 0 aromatic heterocycles. The molecule has 0 aromatic carbocycles. The first-order valence-electron chi connectivity index (χ1n) is 5.43. The number of esters is 1. The molecule has 1 saturated carbocycles. The molecule has 3 heteroatoms. The second-order valence-corrected chi connectivity index (χ2v) is 4.35. The van der Waals surface area contributed by atoms with E-state index in [1.54, 1.807) is 0 Å². The van der Waals surface area contributed by atoms with Crippen LogP contribution in [-0.2, 0) is 9.53 Å². The van der Waals surface area contributed by atoms with Crippen molar-refractivity contribution in [1.29, 1.82) is 0 Å². The standard InChI is InChI=1S/C11H20O3/c1-4-8(3)10(12)14-9-6-11(13,5-2)7-9/h8-9,13H,4-7H2,1-3H3. The molecular formula is C11H20O3. The van der Waals surface area contributed by atoms with Gasteiger partial charge in [0.25, 0.3) is 0 Å². The number of ether oxygens (including phenoxy) is 1. The summed E-state index contributed by atoms with van der Waals surface area (Å²) in [5.74, 6) is -0.152. The van der Waals surface area contributed by atoms with Gasteiger partial charge in [-0.15, -0.1) is 0 Å². The maximum absolute atomic E-state index is 11.4. The van der Waals surface area contributed by atoms with Crippen LogP contribution in [0.2, 0.25) is 0 Å². The van der Waals surface area contributed by atoms with E-state index in [0.29, 0.717) is 12.8 Å². The van der Waals surface area contributed by atoms with Gasteiger partial charge in [0, 0.05) is 12.8 Å². The number of hydrogen-bond acceptors (Lipinski definition) is 3. The summed E-state index contributed by atoms with van der Waals surface area (Å²) in [6, 6.07) is 0. The summed E-state index contributed by atoms with van der Waals surface area (Å²) < 4.78 is 5.24. The summed E-state index contributed by atoms with van der Waals surface area (Å²) in [5.41, 5.74) is -0.569. The van der Waals surface area contributed by atoms with Crippen molar-refractivity contribution in [2.24, 2.45) is 5.92 Å². The zero-order valence-corrected chi connectivity index (χ0v) is 9.25. The smallest absolute Gasteiger partial charge is 0.308 e. The average molecular weight is 200 g/mol. The number of carbonyl (C=O) groups is 1. The number of carbonyl (C=O) groups excluding carboxylic acids is 1. The molecule has 1 unspecified atom stereocenters. The van der Waals surface area contributed by atoms with Crippen molar-refractivity contribution in [3.63, 3.8) is 0 Å². The Kier molecular flexibility index (Phi) is 3.53. The minimum atomic E-state index is -0.569. The van der Waals surface area contributed by atoms with Gasteiger partial charge in [0.05, 0.1) is 11.5 Å². The van der Waals surface area contributed by atoms with Crippen LogP contribution < -0.4 is 0 Å². The lowest BCUT2D eigenvalue weighted by Gasteiger charge is -2.42. The van der Waals surface area contributed by atoms with Crippen LogP contribution in [0.5, 0.6) is 0 Å². The maximum Gasteiger partial charge on any atom is 0.308 e. The van der Waals surface area contributed by atoms with Crippen LogP contribution in [0.25, 0.3) is 0 Å². The van der Waals surface area contributed by atoms with Crippen molar-refractivity contribution in [2.75, 3.05) is 0 Å². The van der Waals surface area contributed by atoms with E-state index in [-0.39, 0.29) is 18.0 Å². The fraction of sp³-hybridized carbons (Fsp3) is 0.909. The largest absolute Gasteiger partial charge is 0.462 e. The summed E-state index contributed by atoms with van der Waals surface area (Å²) in [7, 11) is 0. The van der Waals surface area contributed by atoms with Crippen molar-refractivity contribution < 1.29 is 14.6 Å². The summed E-state index contributed by atoms with van der Waals surface area (Å²) in [6.07, 6.45) is 2.70. The third-order valence-electron chi connectivity index (χ3n) is 3.17. The first-order valence-corrected chi connectivity index (χ1v) is 5.43. The van der Waals surface area contributed by atoms with Crippen molar-refractivity contribution in [3.8, 4) is 0 Å². The maximum atomic E-state index is 11.4. The Bertz CT molecular complexity index is 207. The van der Waals surface area contributed by atoms with Gasteiger partial charge in [-0.05, 0) is 12.8 Å². The minimum absolute atomic E-state index is 0.0229. The van der Waals surface area contributed by atoms with Crippen molar-refractivity contribution >= 4 is 5.97 Å². The van der Waals surface area contributed by atoms with Gasteiger partial charge in [-0.2, -0.15) is 0 Å². The third kappa shape index (κ3) is 2.47. The second-order valence-electron chi connectivity index (χ2n) is 4.35. The Balaban J connectivity index is 2.26. The Morgan fingerprint density at radius 3 is 2.57 bits per heavy atom. The van der Waals surface area contributed by atoms with E-state index in [1.807, 2.05) is 20.8 Å². The van der Waals surface area contributed by atoms with Crippen LogP contribution in [-0.4, -0.2) is 22.8 Å². The zero-order valence-electron chi connectivity index (χ0n) is 9.25. The van der Waals surface area contributed by atoms with Gasteiger partial charge < -0.3 is 9.84 Å². The van der Waals surface area contributed by atoms with Gasteiger partial charge >= 0.3 is 5.97 Å². The predicted octanol–water partition coefficient (Wildman–Crippen LogP) is 1.88. The lowest BCUT2D eigenvalue weighted by molar-refractivity contribution is -0.176. The molecule has 0 aromatic rings. The second kappa shape index (κ2) is 4.30. The minimum Gasteiger partial charge on any atom is -0.462 e. The predicted molar refractivity (Wildman–Crippen MR) is 53.8 cm³/mol. The lowest BCUT2D eigenvalue weighted by Crippen LogP contribution is -2.48. The van der Waals surface area contributed by atoms with Crippen LogP contribution >= 0.6 is 0 Å². The van der Waals surface area contributed by atoms with Crippen LogP contribution in [0.15, 0.2) is 0 Å². The van der Waals surface area contributed by atoms with Crippen molar-refractivity contribution in [2.45, 2.75) is 58.2 Å². The van der Waals surface area contributed by atoms with Crippen LogP contribution in [0.3, 0.4) is 0 Å². The topological polar surface area (TPSA) is 46.5 Å². The number of hydrogen-bond donors (Lipinski definition) is 1. The quantitative estimate of drug-likeness (QED) is 0.705. The highest BCUT2D eigenvalue weighted by Gasteiger charge is 2.43. The SMILES string of the molecule is CCC(C)C(=O)OC1CC(O)(CC)C1. The molecule has 1 rings (SSSR count). The summed E-state index contributed by atoms with van der Waals surface area (Å²) in [5, 5.41) is 9.71. The average Bonchev–Trinajstić information content (AvgIpc) is 2.13. The molecule has 0 radical (unpaired) electrons. The first-order chi connectivity index (χ1) is 6.50. The molecule has 3 nitrogen and oxygen atoms in total. The normalized spacial score (nSPS) is 33.3. The Hall–Kier alpha value is -0.570. The summed E-state index contributed by atoms with van der Waals surface area (Å²) in [6.45, 7) is 5.79. The van der Waals surface area contributed by atoms with Gasteiger partial charge in [-0.3, -0.25) is 4.79 Å². The molecule has 0 bridgehead atoms. The molecular weight excluding hydrogens is 180 g/mol. The van der Waals surface area contributed by atoms with E-state index in [2.05, 4.69) is 0 Å². The Morgan fingerprint density at radius 2 is 2.14 bits per heavy atom. The third-order valence-corrected chi connectivity index (χ3v) is 3.17. The van der Waals surface area contributed by atoms with E-state index in [4.69, 9.17) is 4.74 Å². The highest BCUT2D eigenvalue weighted by atomic mass is 16.5. The fourth-order valence-electron chi connectivity index (χ4n) is 1.61. The van der Waals surface area contributed by atoms with E-state index < -0.39 is 5.60 Å². The highest BCUT2D eigenvalue weighted by Crippen LogP contribution is 2.37. The van der Waals surface area contributed by atoms with Crippen LogP contribution in [0.4, 0.5) is 0 Å². The van der Waals surface area contributed by atoms with Crippen molar-refractivity contribution in [3.05, 3.63) is 0 Å². The molecule has 1 fully saturated rings. The number of rotatable bonds is 4. The molecule has 0 heterocycles. The number of aliphatic hydroxyl groups is 1. The van der Waals surface area contributed by atoms with Gasteiger partial charge in [-0.25, -0.2) is 0 Å². The van der Waals surface area contributed by atoms with Crippen LogP contribution in [0.1, 0.15) is 46.5 Å².